The Kier molecular flexibility index (Phi) is 3.91. The Bertz CT molecular complexity index is 577. The normalized spacial score (nSPS) is 17.8. The molecule has 0 unspecified atom stereocenters. The molecule has 7 heteroatoms. The highest BCUT2D eigenvalue weighted by Gasteiger charge is 2.14. The molecule has 1 aliphatic heterocycles. The van der Waals surface area contributed by atoms with Gasteiger partial charge in [-0.3, -0.25) is 9.58 Å². The Morgan fingerprint density at radius 3 is 3.11 bits per heavy atom. The number of hydrogen-bond acceptors (Lipinski definition) is 5. The van der Waals surface area contributed by atoms with Gasteiger partial charge in [0, 0.05) is 19.3 Å². The van der Waals surface area contributed by atoms with E-state index in [-0.39, 0.29) is 0 Å². The summed E-state index contributed by atoms with van der Waals surface area (Å²) >= 11 is 8.22. The minimum Gasteiger partial charge on any atom is -0.295 e. The van der Waals surface area contributed by atoms with E-state index in [2.05, 4.69) is 20.0 Å². The highest BCUT2D eigenvalue weighted by Crippen LogP contribution is 2.20. The summed E-state index contributed by atoms with van der Waals surface area (Å²) in [6.45, 7) is 2.97. The van der Waals surface area contributed by atoms with Gasteiger partial charge in [0.15, 0.2) is 5.65 Å². The average Bonchev–Trinajstić information content (AvgIpc) is 2.62. The minimum absolute atomic E-state index is 0.497. The summed E-state index contributed by atoms with van der Waals surface area (Å²) in [5.74, 6) is 3.22. The third-order valence-electron chi connectivity index (χ3n) is 3.27. The first-order chi connectivity index (χ1) is 9.24. The molecule has 0 aromatic carbocycles. The topological polar surface area (TPSA) is 46.8 Å². The van der Waals surface area contributed by atoms with E-state index >= 15 is 0 Å². The first-order valence-electron chi connectivity index (χ1n) is 6.38. The van der Waals surface area contributed by atoms with Gasteiger partial charge < -0.3 is 0 Å². The van der Waals surface area contributed by atoms with E-state index in [0.29, 0.717) is 5.15 Å². The van der Waals surface area contributed by atoms with Crippen LogP contribution in [0.15, 0.2) is 6.20 Å². The summed E-state index contributed by atoms with van der Waals surface area (Å²) in [4.78, 5) is 11.4. The summed E-state index contributed by atoms with van der Waals surface area (Å²) in [7, 11) is 1.87. The molecular formula is C12H16ClN5S. The van der Waals surface area contributed by atoms with E-state index in [1.54, 1.807) is 10.9 Å². The molecule has 0 aliphatic carbocycles. The smallest absolute Gasteiger partial charge is 0.162 e. The molecule has 1 fully saturated rings. The van der Waals surface area contributed by atoms with Crippen LogP contribution in [0.1, 0.15) is 12.2 Å². The molecule has 0 amide bonds. The maximum Gasteiger partial charge on any atom is 0.162 e. The molecule has 0 atom stereocenters. The monoisotopic (exact) mass is 297 g/mol. The predicted molar refractivity (Wildman–Crippen MR) is 78.5 cm³/mol. The largest absolute Gasteiger partial charge is 0.295 e. The van der Waals surface area contributed by atoms with Crippen LogP contribution >= 0.6 is 23.4 Å². The molecule has 19 heavy (non-hydrogen) atoms. The van der Waals surface area contributed by atoms with E-state index in [1.807, 2.05) is 18.8 Å². The number of thioether (sulfide) groups is 1. The highest BCUT2D eigenvalue weighted by molar-refractivity contribution is 7.99. The zero-order valence-electron chi connectivity index (χ0n) is 10.8. The Hall–Kier alpha value is -0.850. The van der Waals surface area contributed by atoms with E-state index in [9.17, 15) is 0 Å². The second kappa shape index (κ2) is 5.64. The zero-order valence-corrected chi connectivity index (χ0v) is 12.4. The zero-order chi connectivity index (χ0) is 13.2. The molecule has 0 bridgehead atoms. The molecule has 0 radical (unpaired) electrons. The predicted octanol–water partition coefficient (Wildman–Crippen LogP) is 1.96. The number of nitrogens with zero attached hydrogens (tertiary/aromatic N) is 5. The number of halogens is 1. The van der Waals surface area contributed by atoms with Gasteiger partial charge in [-0.25, -0.2) is 9.97 Å². The van der Waals surface area contributed by atoms with Crippen LogP contribution in [0, 0.1) is 0 Å². The number of rotatable bonds is 2. The Labute approximate surface area is 121 Å². The van der Waals surface area contributed by atoms with Gasteiger partial charge in [0.05, 0.1) is 18.1 Å². The van der Waals surface area contributed by atoms with Crippen molar-refractivity contribution >= 4 is 34.4 Å². The van der Waals surface area contributed by atoms with Gasteiger partial charge in [-0.05, 0) is 18.7 Å². The summed E-state index contributed by atoms with van der Waals surface area (Å²) in [5, 5.41) is 5.49. The Morgan fingerprint density at radius 1 is 1.32 bits per heavy atom. The summed E-state index contributed by atoms with van der Waals surface area (Å²) < 4.78 is 1.74. The lowest BCUT2D eigenvalue weighted by atomic mass is 10.3. The molecule has 2 aromatic rings. The van der Waals surface area contributed by atoms with Crippen LogP contribution in [-0.4, -0.2) is 49.2 Å². The van der Waals surface area contributed by atoms with Crippen molar-refractivity contribution in [2.24, 2.45) is 7.05 Å². The standard InChI is InChI=1S/C12H16ClN5S/c1-17-12-9(7-14-17)11(13)15-10(16-12)8-18-3-2-5-19-6-4-18/h7H,2-6,8H2,1H3. The van der Waals surface area contributed by atoms with Crippen LogP contribution in [0.5, 0.6) is 0 Å². The number of hydrogen-bond donors (Lipinski definition) is 0. The SMILES string of the molecule is Cn1ncc2c(Cl)nc(CN3CCCSCC3)nc21. The van der Waals surface area contributed by atoms with Crippen molar-refractivity contribution in [3.63, 3.8) is 0 Å². The summed E-state index contributed by atoms with van der Waals surface area (Å²) in [6.07, 6.45) is 2.94. The maximum atomic E-state index is 6.20. The molecule has 2 aromatic heterocycles. The number of aryl methyl sites for hydroxylation is 1. The van der Waals surface area contributed by atoms with Crippen molar-refractivity contribution in [1.82, 2.24) is 24.6 Å². The molecule has 102 valence electrons. The van der Waals surface area contributed by atoms with Crippen LogP contribution in [0.25, 0.3) is 11.0 Å². The summed E-state index contributed by atoms with van der Waals surface area (Å²) in [5.41, 5.74) is 0.805. The number of aromatic nitrogens is 4. The lowest BCUT2D eigenvalue weighted by Crippen LogP contribution is -2.26. The first kappa shape index (κ1) is 13.1. The maximum absolute atomic E-state index is 6.20. The van der Waals surface area contributed by atoms with Gasteiger partial charge in [0.2, 0.25) is 0 Å². The van der Waals surface area contributed by atoms with E-state index in [4.69, 9.17) is 11.6 Å². The Morgan fingerprint density at radius 2 is 2.21 bits per heavy atom. The van der Waals surface area contributed by atoms with E-state index in [0.717, 1.165) is 36.5 Å². The van der Waals surface area contributed by atoms with E-state index in [1.165, 1.54) is 17.9 Å². The fourth-order valence-electron chi connectivity index (χ4n) is 2.26. The van der Waals surface area contributed by atoms with Gasteiger partial charge >= 0.3 is 0 Å². The van der Waals surface area contributed by atoms with Crippen molar-refractivity contribution in [2.45, 2.75) is 13.0 Å². The second-order valence-electron chi connectivity index (χ2n) is 4.68. The molecule has 1 aliphatic rings. The van der Waals surface area contributed by atoms with Crippen molar-refractivity contribution < 1.29 is 0 Å². The van der Waals surface area contributed by atoms with Crippen LogP contribution in [0.2, 0.25) is 5.15 Å². The van der Waals surface area contributed by atoms with Gasteiger partial charge in [-0.2, -0.15) is 16.9 Å². The van der Waals surface area contributed by atoms with Gasteiger partial charge in [0.1, 0.15) is 11.0 Å². The quantitative estimate of drug-likeness (QED) is 0.793. The lowest BCUT2D eigenvalue weighted by Gasteiger charge is -2.18. The molecule has 0 saturated carbocycles. The molecule has 1 saturated heterocycles. The second-order valence-corrected chi connectivity index (χ2v) is 6.26. The molecule has 0 N–H and O–H groups in total. The average molecular weight is 298 g/mol. The molecule has 0 spiro atoms. The molecular weight excluding hydrogens is 282 g/mol. The summed E-state index contributed by atoms with van der Waals surface area (Å²) in [6, 6.07) is 0. The molecule has 5 nitrogen and oxygen atoms in total. The molecule has 3 heterocycles. The minimum atomic E-state index is 0.497. The van der Waals surface area contributed by atoms with Gasteiger partial charge in [-0.15, -0.1) is 0 Å². The van der Waals surface area contributed by atoms with Crippen molar-refractivity contribution in [3.8, 4) is 0 Å². The number of fused-ring (bicyclic) bond motifs is 1. The van der Waals surface area contributed by atoms with Crippen molar-refractivity contribution in [1.29, 1.82) is 0 Å². The molecule has 3 rings (SSSR count). The van der Waals surface area contributed by atoms with Crippen molar-refractivity contribution in [3.05, 3.63) is 17.2 Å². The Balaban J connectivity index is 1.85. The van der Waals surface area contributed by atoms with Crippen LogP contribution < -0.4 is 0 Å². The third-order valence-corrected chi connectivity index (χ3v) is 4.61. The van der Waals surface area contributed by atoms with E-state index < -0.39 is 0 Å². The van der Waals surface area contributed by atoms with Crippen LogP contribution in [-0.2, 0) is 13.6 Å². The van der Waals surface area contributed by atoms with Gasteiger partial charge in [-0.1, -0.05) is 11.6 Å². The van der Waals surface area contributed by atoms with Crippen LogP contribution in [0.3, 0.4) is 0 Å². The fourth-order valence-corrected chi connectivity index (χ4v) is 3.41. The van der Waals surface area contributed by atoms with Crippen LogP contribution in [0.4, 0.5) is 0 Å². The van der Waals surface area contributed by atoms with Crippen molar-refractivity contribution in [2.75, 3.05) is 24.6 Å². The highest BCUT2D eigenvalue weighted by atomic mass is 35.5. The fraction of sp³-hybridized carbons (Fsp3) is 0.583. The lowest BCUT2D eigenvalue weighted by molar-refractivity contribution is 0.280. The van der Waals surface area contributed by atoms with Gasteiger partial charge in [0.25, 0.3) is 0 Å². The first-order valence-corrected chi connectivity index (χ1v) is 7.91. The third kappa shape index (κ3) is 2.85.